The lowest BCUT2D eigenvalue weighted by atomic mass is 9.79. The van der Waals surface area contributed by atoms with Crippen LogP contribution in [0.4, 0.5) is 4.79 Å². The predicted octanol–water partition coefficient (Wildman–Crippen LogP) is 1.45. The fourth-order valence-corrected chi connectivity index (χ4v) is 3.10. The molecule has 5 nitrogen and oxygen atoms in total. The van der Waals surface area contributed by atoms with Crippen molar-refractivity contribution in [2.45, 2.75) is 19.3 Å². The summed E-state index contributed by atoms with van der Waals surface area (Å²) in [7, 11) is -2.13. The maximum Gasteiger partial charge on any atom is 0.488 e. The number of ether oxygens (including phenoxy) is 1. The van der Waals surface area contributed by atoms with Gasteiger partial charge in [0.05, 0.1) is 0 Å². The van der Waals surface area contributed by atoms with Crippen LogP contribution in [0.1, 0.15) is 18.4 Å². The number of hydrogen-bond donors (Lipinski definition) is 2. The van der Waals surface area contributed by atoms with Crippen LogP contribution in [-0.4, -0.2) is 72.4 Å². The van der Waals surface area contributed by atoms with Gasteiger partial charge in [-0.25, -0.2) is 14.8 Å². The Labute approximate surface area is 152 Å². The summed E-state index contributed by atoms with van der Waals surface area (Å²) in [6.45, 7) is 1.82. The minimum atomic E-state index is -1.47. The van der Waals surface area contributed by atoms with Gasteiger partial charge in [0, 0.05) is 18.8 Å². The van der Waals surface area contributed by atoms with Crippen molar-refractivity contribution < 1.29 is 19.6 Å². The summed E-state index contributed by atoms with van der Waals surface area (Å²) in [5.41, 5.74) is 1.46. The minimum Gasteiger partial charge on any atom is -0.449 e. The van der Waals surface area contributed by atoms with Crippen LogP contribution >= 0.6 is 10.0 Å². The molecular weight excluding hydrogens is 337 g/mol. The molecule has 1 amide bonds. The lowest BCUT2D eigenvalue weighted by molar-refractivity contribution is 0.106. The van der Waals surface area contributed by atoms with Crippen molar-refractivity contribution in [3.8, 4) is 0 Å². The van der Waals surface area contributed by atoms with Crippen molar-refractivity contribution >= 4 is 28.7 Å². The molecule has 0 radical (unpaired) electrons. The SMILES string of the molecule is CS(C)(C)CCOC(=O)N(CCc1cccc(B(O)O)c1)CC1CC1. The quantitative estimate of drug-likeness (QED) is 0.649. The van der Waals surface area contributed by atoms with Crippen molar-refractivity contribution in [1.29, 1.82) is 0 Å². The Morgan fingerprint density at radius 2 is 2.04 bits per heavy atom. The molecule has 1 aliphatic carbocycles. The van der Waals surface area contributed by atoms with Gasteiger partial charge in [-0.05, 0) is 55.0 Å². The zero-order valence-electron chi connectivity index (χ0n) is 15.5. The molecule has 0 saturated heterocycles. The lowest BCUT2D eigenvalue weighted by Crippen LogP contribution is -2.36. The maximum absolute atomic E-state index is 12.4. The molecule has 25 heavy (non-hydrogen) atoms. The summed E-state index contributed by atoms with van der Waals surface area (Å²) in [5.74, 6) is 1.53. The number of amides is 1. The van der Waals surface area contributed by atoms with Gasteiger partial charge in [-0.3, -0.25) is 0 Å². The Morgan fingerprint density at radius 1 is 1.32 bits per heavy atom. The summed E-state index contributed by atoms with van der Waals surface area (Å²) in [6, 6.07) is 7.20. The standard InChI is InChI=1S/C18H30BNO4S/c1-25(2,3)12-11-24-18(21)20(14-16-7-8-16)10-9-15-5-4-6-17(13-15)19(22)23/h4-6,13,16,22-23H,7-12,14H2,1-3H3. The molecule has 2 N–H and O–H groups in total. The first-order valence-corrected chi connectivity index (χ1v) is 11.8. The predicted molar refractivity (Wildman–Crippen MR) is 106 cm³/mol. The molecule has 0 aliphatic heterocycles. The van der Waals surface area contributed by atoms with E-state index < -0.39 is 17.1 Å². The van der Waals surface area contributed by atoms with Crippen molar-refractivity contribution in [2.75, 3.05) is 44.2 Å². The normalized spacial score (nSPS) is 14.9. The third kappa shape index (κ3) is 7.71. The van der Waals surface area contributed by atoms with E-state index in [4.69, 9.17) is 4.74 Å². The Kier molecular flexibility index (Phi) is 7.22. The highest BCUT2D eigenvalue weighted by atomic mass is 32.3. The van der Waals surface area contributed by atoms with Crippen LogP contribution in [0.25, 0.3) is 0 Å². The van der Waals surface area contributed by atoms with Crippen LogP contribution < -0.4 is 5.46 Å². The third-order valence-corrected chi connectivity index (χ3v) is 5.67. The molecule has 1 aromatic carbocycles. The number of carbonyl (C=O) groups is 1. The van der Waals surface area contributed by atoms with E-state index in [1.165, 1.54) is 12.8 Å². The van der Waals surface area contributed by atoms with Gasteiger partial charge in [0.25, 0.3) is 0 Å². The summed E-state index contributed by atoms with van der Waals surface area (Å²) < 4.78 is 5.49. The summed E-state index contributed by atoms with van der Waals surface area (Å²) in [4.78, 5) is 14.2. The Hall–Kier alpha value is -1.18. The fourth-order valence-electron chi connectivity index (χ4n) is 2.51. The van der Waals surface area contributed by atoms with Crippen LogP contribution in [0.3, 0.4) is 0 Å². The molecule has 1 saturated carbocycles. The van der Waals surface area contributed by atoms with Crippen LogP contribution in [0.2, 0.25) is 0 Å². The molecule has 0 bridgehead atoms. The van der Waals surface area contributed by atoms with Crippen molar-refractivity contribution in [1.82, 2.24) is 4.90 Å². The van der Waals surface area contributed by atoms with E-state index in [2.05, 4.69) is 18.8 Å². The highest BCUT2D eigenvalue weighted by Gasteiger charge is 2.27. The fraction of sp³-hybridized carbons (Fsp3) is 0.611. The van der Waals surface area contributed by atoms with E-state index in [0.717, 1.165) is 17.9 Å². The first-order chi connectivity index (χ1) is 11.7. The van der Waals surface area contributed by atoms with Crippen LogP contribution in [0.5, 0.6) is 0 Å². The third-order valence-electron chi connectivity index (χ3n) is 4.27. The average molecular weight is 367 g/mol. The number of hydrogen-bond acceptors (Lipinski definition) is 4. The van der Waals surface area contributed by atoms with Gasteiger partial charge in [0.2, 0.25) is 0 Å². The van der Waals surface area contributed by atoms with E-state index in [-0.39, 0.29) is 6.09 Å². The maximum atomic E-state index is 12.4. The van der Waals surface area contributed by atoms with Crippen LogP contribution in [-0.2, 0) is 11.2 Å². The Bertz CT molecular complexity index is 572. The van der Waals surface area contributed by atoms with Crippen molar-refractivity contribution in [3.05, 3.63) is 29.8 Å². The van der Waals surface area contributed by atoms with E-state index in [0.29, 0.717) is 31.0 Å². The second-order valence-electron chi connectivity index (χ2n) is 7.67. The van der Waals surface area contributed by atoms with E-state index >= 15 is 0 Å². The topological polar surface area (TPSA) is 70.0 Å². The van der Waals surface area contributed by atoms with Gasteiger partial charge in [0.1, 0.15) is 6.61 Å². The van der Waals surface area contributed by atoms with E-state index in [1.54, 1.807) is 23.1 Å². The second-order valence-corrected chi connectivity index (χ2v) is 12.3. The highest BCUT2D eigenvalue weighted by Crippen LogP contribution is 2.33. The largest absolute Gasteiger partial charge is 0.488 e. The first-order valence-electron chi connectivity index (χ1n) is 8.77. The van der Waals surface area contributed by atoms with E-state index in [1.807, 2.05) is 6.07 Å². The molecule has 0 aromatic heterocycles. The molecule has 0 spiro atoms. The summed E-state index contributed by atoms with van der Waals surface area (Å²) in [5, 5.41) is 18.6. The molecule has 1 fully saturated rings. The van der Waals surface area contributed by atoms with Gasteiger partial charge in [-0.1, -0.05) is 24.3 Å². The van der Waals surface area contributed by atoms with Crippen LogP contribution in [0, 0.1) is 5.92 Å². The zero-order valence-corrected chi connectivity index (χ0v) is 16.3. The smallest absolute Gasteiger partial charge is 0.449 e. The Balaban J connectivity index is 1.88. The second kappa shape index (κ2) is 8.96. The van der Waals surface area contributed by atoms with Crippen molar-refractivity contribution in [3.63, 3.8) is 0 Å². The van der Waals surface area contributed by atoms with Gasteiger partial charge in [-0.2, -0.15) is 0 Å². The first kappa shape index (κ1) is 20.1. The Morgan fingerprint density at radius 3 is 2.64 bits per heavy atom. The molecule has 0 atom stereocenters. The molecule has 0 unspecified atom stereocenters. The van der Waals surface area contributed by atoms with E-state index in [9.17, 15) is 14.8 Å². The number of carbonyl (C=O) groups excluding carboxylic acids is 1. The molecule has 0 heterocycles. The molecule has 7 heteroatoms. The molecular formula is C18H30BNO4S. The zero-order chi connectivity index (χ0) is 18.4. The molecule has 2 rings (SSSR count). The summed E-state index contributed by atoms with van der Waals surface area (Å²) in [6.07, 6.45) is 9.45. The monoisotopic (exact) mass is 367 g/mol. The van der Waals surface area contributed by atoms with Crippen molar-refractivity contribution in [2.24, 2.45) is 5.92 Å². The van der Waals surface area contributed by atoms with Crippen LogP contribution in [0.15, 0.2) is 24.3 Å². The average Bonchev–Trinajstić information content (AvgIpc) is 3.34. The van der Waals surface area contributed by atoms with Gasteiger partial charge in [-0.15, -0.1) is 0 Å². The lowest BCUT2D eigenvalue weighted by Gasteiger charge is -2.26. The number of rotatable bonds is 9. The van der Waals surface area contributed by atoms with Gasteiger partial charge in [0.15, 0.2) is 0 Å². The molecule has 1 aromatic rings. The number of benzene rings is 1. The summed E-state index contributed by atoms with van der Waals surface area (Å²) >= 11 is 0. The number of nitrogens with zero attached hydrogens (tertiary/aromatic N) is 1. The van der Waals surface area contributed by atoms with Gasteiger partial charge >= 0.3 is 13.2 Å². The molecule has 1 aliphatic rings. The van der Waals surface area contributed by atoms with Gasteiger partial charge < -0.3 is 19.7 Å². The molecule has 140 valence electrons. The highest BCUT2D eigenvalue weighted by molar-refractivity contribution is 8.32. The minimum absolute atomic E-state index is 0.228.